The van der Waals surface area contributed by atoms with Crippen LogP contribution in [0, 0.1) is 35.5 Å². The van der Waals surface area contributed by atoms with E-state index in [4.69, 9.17) is 42.6 Å². The summed E-state index contributed by atoms with van der Waals surface area (Å²) < 4.78 is 56.9. The SMILES string of the molecule is CCC1=C\C=C\C(CC)C(C(C)C(O)CC2(OC)CC(OC3CC(O)C(O)C(C)O3)C(CC)C(C)O2)OC(=O)/C=C/C(CC)=C/C=C/C(CC)C(C(C)C(O)CC2(C)CC(OC3OC(C)C(O)C(O)C3O)C(CC)C(C)O2)OC(=O)\C=C\1. The molecule has 468 valence electrons. The molecule has 0 saturated carbocycles. The molecule has 5 heterocycles. The second-order valence-corrected chi connectivity index (χ2v) is 24.2. The van der Waals surface area contributed by atoms with Crippen LogP contribution in [-0.4, -0.2) is 170 Å². The number of carbonyl (C=O) groups excluding carboxylic acids is 2. The van der Waals surface area contributed by atoms with E-state index in [9.17, 15) is 45.3 Å². The van der Waals surface area contributed by atoms with E-state index in [1.165, 1.54) is 19.3 Å². The van der Waals surface area contributed by atoms with Crippen molar-refractivity contribution in [3.05, 3.63) is 71.9 Å². The Hall–Kier alpha value is -3.18. The third-order valence-electron chi connectivity index (χ3n) is 18.3. The maximum absolute atomic E-state index is 14.0. The van der Waals surface area contributed by atoms with Gasteiger partial charge in [-0.15, -0.1) is 0 Å². The van der Waals surface area contributed by atoms with E-state index < -0.39 is 127 Å². The van der Waals surface area contributed by atoms with Crippen molar-refractivity contribution in [3.8, 4) is 0 Å². The number of cyclic esters (lactones) is 2. The van der Waals surface area contributed by atoms with Crippen LogP contribution in [-0.2, 0) is 52.2 Å². The first kappa shape index (κ1) is 69.6. The summed E-state index contributed by atoms with van der Waals surface area (Å²) in [6, 6.07) is 0. The summed E-state index contributed by atoms with van der Waals surface area (Å²) in [5.74, 6) is -4.53. The lowest BCUT2D eigenvalue weighted by Crippen LogP contribution is -2.60. The second-order valence-electron chi connectivity index (χ2n) is 24.2. The number of allylic oxidation sites excluding steroid dienone is 8. The fourth-order valence-electron chi connectivity index (χ4n) is 12.9. The van der Waals surface area contributed by atoms with Gasteiger partial charge in [0.1, 0.15) is 36.6 Å². The Bertz CT molecular complexity index is 2170. The Balaban J connectivity index is 1.39. The number of hydrogen-bond acceptors (Lipinski definition) is 18. The molecule has 5 rings (SSSR count). The molecular weight excluding hydrogens is 1060 g/mol. The van der Waals surface area contributed by atoms with Gasteiger partial charge in [0.05, 0.1) is 60.5 Å². The molecular formula is C64H104O18. The molecule has 4 fully saturated rings. The van der Waals surface area contributed by atoms with Gasteiger partial charge in [-0.3, -0.25) is 0 Å². The molecule has 25 unspecified atom stereocenters. The molecule has 18 nitrogen and oxygen atoms in total. The molecule has 82 heavy (non-hydrogen) atoms. The fraction of sp³-hybridized carbons (Fsp3) is 0.781. The molecule has 0 aliphatic carbocycles. The molecule has 0 aromatic rings. The van der Waals surface area contributed by atoms with Gasteiger partial charge in [-0.05, 0) is 84.3 Å². The molecule has 0 radical (unpaired) electrons. The Labute approximate surface area is 488 Å². The number of carbonyl (C=O) groups is 2. The van der Waals surface area contributed by atoms with Crippen molar-refractivity contribution < 1.29 is 88.0 Å². The van der Waals surface area contributed by atoms with E-state index >= 15 is 0 Å². The number of esters is 2. The molecule has 5 aliphatic heterocycles. The molecule has 0 aromatic heterocycles. The average molecular weight is 1160 g/mol. The molecule has 5 aliphatic rings. The maximum atomic E-state index is 14.0. The smallest absolute Gasteiger partial charge is 0.331 e. The minimum absolute atomic E-state index is 0.0250. The third-order valence-corrected chi connectivity index (χ3v) is 18.3. The van der Waals surface area contributed by atoms with Gasteiger partial charge in [0.2, 0.25) is 0 Å². The highest BCUT2D eigenvalue weighted by Gasteiger charge is 2.52. The number of ether oxygens (including phenoxy) is 9. The van der Waals surface area contributed by atoms with Gasteiger partial charge < -0.3 is 78.4 Å². The largest absolute Gasteiger partial charge is 0.458 e. The van der Waals surface area contributed by atoms with Gasteiger partial charge in [-0.2, -0.15) is 0 Å². The van der Waals surface area contributed by atoms with Gasteiger partial charge in [0.15, 0.2) is 18.4 Å². The van der Waals surface area contributed by atoms with Crippen LogP contribution < -0.4 is 0 Å². The van der Waals surface area contributed by atoms with Gasteiger partial charge >= 0.3 is 11.9 Å². The topological polar surface area (TPSA) is 259 Å². The summed E-state index contributed by atoms with van der Waals surface area (Å²) in [6.45, 7) is 24.8. The fourth-order valence-corrected chi connectivity index (χ4v) is 12.9. The highest BCUT2D eigenvalue weighted by molar-refractivity contribution is 5.83. The molecule has 0 spiro atoms. The predicted molar refractivity (Wildman–Crippen MR) is 309 cm³/mol. The van der Waals surface area contributed by atoms with E-state index in [2.05, 4.69) is 0 Å². The lowest BCUT2D eigenvalue weighted by Gasteiger charge is -2.49. The van der Waals surface area contributed by atoms with Crippen molar-refractivity contribution in [1.82, 2.24) is 0 Å². The van der Waals surface area contributed by atoms with Crippen molar-refractivity contribution in [2.45, 2.75) is 276 Å². The minimum Gasteiger partial charge on any atom is -0.458 e. The molecule has 18 heteroatoms. The first-order valence-corrected chi connectivity index (χ1v) is 30.6. The van der Waals surface area contributed by atoms with Crippen LogP contribution in [0.2, 0.25) is 0 Å². The lowest BCUT2D eigenvalue weighted by atomic mass is 9.76. The van der Waals surface area contributed by atoms with E-state index in [-0.39, 0.29) is 61.6 Å². The summed E-state index contributed by atoms with van der Waals surface area (Å²) in [7, 11) is 1.54. The summed E-state index contributed by atoms with van der Waals surface area (Å²) in [5, 5.41) is 77.1. The van der Waals surface area contributed by atoms with E-state index in [0.717, 1.165) is 17.6 Å². The second kappa shape index (κ2) is 32.0. The molecule has 0 amide bonds. The Kier molecular flexibility index (Phi) is 27.1. The minimum atomic E-state index is -1.47. The van der Waals surface area contributed by atoms with Gasteiger partial charge in [0, 0.05) is 86.9 Å². The number of hydrogen-bond donors (Lipinski definition) is 7. The lowest BCUT2D eigenvalue weighted by molar-refractivity contribution is -0.337. The molecule has 0 aromatic carbocycles. The Morgan fingerprint density at radius 3 is 1.56 bits per heavy atom. The predicted octanol–water partition coefficient (Wildman–Crippen LogP) is 7.77. The number of methoxy groups -OCH3 is 1. The van der Waals surface area contributed by atoms with Crippen molar-refractivity contribution in [2.75, 3.05) is 7.11 Å². The van der Waals surface area contributed by atoms with Crippen LogP contribution in [0.5, 0.6) is 0 Å². The summed E-state index contributed by atoms with van der Waals surface area (Å²) in [5.41, 5.74) is 0.703. The average Bonchev–Trinajstić information content (AvgIpc) is 3.45. The quantitative estimate of drug-likeness (QED) is 0.0609. The first-order valence-electron chi connectivity index (χ1n) is 30.6. The maximum Gasteiger partial charge on any atom is 0.331 e. The zero-order chi connectivity index (χ0) is 60.8. The standard InChI is InChI=1S/C64H104O18/c1-15-42-23-21-25-44(17-3)60(36(7)49(66)32-63(13)34-51(46(19-5)38(9)81-63)78-62-59(73)58(72)57(71)41(12)76-62)79-53(68)29-27-43(16-2)24-22-26-45(18-4)61(80-54(69)30-28-42)37(8)50(67)33-64(74-14)35-52(47(20-6)39(10)82-64)77-55-31-48(65)56(70)40(11)75-55/h21-30,36-41,44-52,55-62,65-67,70-73H,15-20,31-35H2,1-14H3/b25-21+,26-22+,29-27+,30-28+,42-23+,43-24+. The zero-order valence-corrected chi connectivity index (χ0v) is 51.5. The zero-order valence-electron chi connectivity index (χ0n) is 51.5. The van der Waals surface area contributed by atoms with Crippen molar-refractivity contribution in [1.29, 1.82) is 0 Å². The molecule has 0 bridgehead atoms. The Morgan fingerprint density at radius 1 is 0.598 bits per heavy atom. The highest BCUT2D eigenvalue weighted by atomic mass is 16.7. The summed E-state index contributed by atoms with van der Waals surface area (Å²) in [4.78, 5) is 28.0. The summed E-state index contributed by atoms with van der Waals surface area (Å²) in [6.07, 6.45) is 7.32. The van der Waals surface area contributed by atoms with Crippen LogP contribution in [0.15, 0.2) is 71.9 Å². The van der Waals surface area contributed by atoms with Gasteiger partial charge in [-0.25, -0.2) is 9.59 Å². The molecule has 7 N–H and O–H groups in total. The highest BCUT2D eigenvalue weighted by Crippen LogP contribution is 2.44. The van der Waals surface area contributed by atoms with Crippen molar-refractivity contribution in [2.24, 2.45) is 35.5 Å². The van der Waals surface area contributed by atoms with Crippen LogP contribution in [0.25, 0.3) is 0 Å². The normalized spacial score (nSPS) is 43.7. The van der Waals surface area contributed by atoms with Crippen LogP contribution in [0.4, 0.5) is 0 Å². The van der Waals surface area contributed by atoms with Crippen LogP contribution in [0.3, 0.4) is 0 Å². The number of rotatable bonds is 19. The van der Waals surface area contributed by atoms with Crippen molar-refractivity contribution in [3.63, 3.8) is 0 Å². The monoisotopic (exact) mass is 1160 g/mol. The number of aliphatic hydroxyl groups excluding tert-OH is 7. The third kappa shape index (κ3) is 18.2. The van der Waals surface area contributed by atoms with E-state index in [1.54, 1.807) is 26.0 Å². The van der Waals surface area contributed by atoms with Crippen LogP contribution >= 0.6 is 0 Å². The first-order chi connectivity index (χ1) is 38.8. The van der Waals surface area contributed by atoms with E-state index in [1.807, 2.05) is 113 Å². The van der Waals surface area contributed by atoms with Crippen molar-refractivity contribution >= 4 is 11.9 Å². The van der Waals surface area contributed by atoms with Gasteiger partial charge in [0.25, 0.3) is 0 Å². The van der Waals surface area contributed by atoms with E-state index in [0.29, 0.717) is 38.5 Å². The number of aliphatic hydroxyl groups is 7. The Morgan fingerprint density at radius 2 is 1.09 bits per heavy atom. The summed E-state index contributed by atoms with van der Waals surface area (Å²) >= 11 is 0. The molecule has 4 saturated heterocycles. The molecule has 25 atom stereocenters. The van der Waals surface area contributed by atoms with Gasteiger partial charge in [-0.1, -0.05) is 104 Å². The van der Waals surface area contributed by atoms with Crippen LogP contribution in [0.1, 0.15) is 161 Å².